The smallest absolute Gasteiger partial charge is 0.123 e. The summed E-state index contributed by atoms with van der Waals surface area (Å²) in [6, 6.07) is 8.41. The van der Waals surface area contributed by atoms with Gasteiger partial charge in [0, 0.05) is 11.8 Å². The summed E-state index contributed by atoms with van der Waals surface area (Å²) in [6.07, 6.45) is 2.79. The van der Waals surface area contributed by atoms with Gasteiger partial charge in [0.2, 0.25) is 0 Å². The lowest BCUT2D eigenvalue weighted by atomic mass is 10.1. The minimum Gasteiger partial charge on any atom is -0.391 e. The standard InChI is InChI=1S/C12H13NOS/c1-2-9-3-5-10(6-4-9)12-13-7-11(8-14)15-12/h3-7,14H,2,8H2,1H3. The van der Waals surface area contributed by atoms with Gasteiger partial charge >= 0.3 is 0 Å². The fourth-order valence-corrected chi connectivity index (χ4v) is 2.17. The van der Waals surface area contributed by atoms with E-state index in [0.717, 1.165) is 21.9 Å². The Labute approximate surface area is 93.2 Å². The third kappa shape index (κ3) is 2.25. The van der Waals surface area contributed by atoms with Crippen LogP contribution in [-0.4, -0.2) is 10.1 Å². The zero-order valence-corrected chi connectivity index (χ0v) is 9.42. The lowest BCUT2D eigenvalue weighted by Crippen LogP contribution is -1.80. The minimum atomic E-state index is 0.0741. The van der Waals surface area contributed by atoms with Crippen molar-refractivity contribution in [2.75, 3.05) is 0 Å². The van der Waals surface area contributed by atoms with E-state index in [2.05, 4.69) is 36.2 Å². The molecular weight excluding hydrogens is 206 g/mol. The minimum absolute atomic E-state index is 0.0741. The van der Waals surface area contributed by atoms with Crippen molar-refractivity contribution < 1.29 is 5.11 Å². The molecule has 2 aromatic rings. The molecule has 0 amide bonds. The molecule has 1 N–H and O–H groups in total. The number of hydrogen-bond acceptors (Lipinski definition) is 3. The predicted octanol–water partition coefficient (Wildman–Crippen LogP) is 2.86. The topological polar surface area (TPSA) is 33.1 Å². The maximum absolute atomic E-state index is 8.95. The second-order valence-electron chi connectivity index (χ2n) is 3.34. The molecule has 0 unspecified atom stereocenters. The zero-order chi connectivity index (χ0) is 10.7. The van der Waals surface area contributed by atoms with E-state index in [1.165, 1.54) is 16.9 Å². The third-order valence-corrected chi connectivity index (χ3v) is 3.35. The molecule has 2 rings (SSSR count). The Morgan fingerprint density at radius 2 is 2.00 bits per heavy atom. The molecule has 0 atom stereocenters. The molecule has 2 nitrogen and oxygen atoms in total. The van der Waals surface area contributed by atoms with Crippen molar-refractivity contribution in [2.24, 2.45) is 0 Å². The highest BCUT2D eigenvalue weighted by molar-refractivity contribution is 7.15. The van der Waals surface area contributed by atoms with Gasteiger partial charge in [-0.05, 0) is 12.0 Å². The van der Waals surface area contributed by atoms with Gasteiger partial charge in [-0.3, -0.25) is 0 Å². The molecule has 0 saturated carbocycles. The third-order valence-electron chi connectivity index (χ3n) is 2.32. The Kier molecular flexibility index (Phi) is 3.14. The molecule has 0 aliphatic heterocycles. The predicted molar refractivity (Wildman–Crippen MR) is 62.9 cm³/mol. The van der Waals surface area contributed by atoms with Crippen LogP contribution in [0.15, 0.2) is 30.5 Å². The van der Waals surface area contributed by atoms with Crippen LogP contribution in [0.5, 0.6) is 0 Å². The highest BCUT2D eigenvalue weighted by Gasteiger charge is 2.03. The Balaban J connectivity index is 2.28. The van der Waals surface area contributed by atoms with Gasteiger partial charge in [0.05, 0.1) is 11.5 Å². The second kappa shape index (κ2) is 4.55. The van der Waals surface area contributed by atoms with Gasteiger partial charge in [0.25, 0.3) is 0 Å². The van der Waals surface area contributed by atoms with E-state index in [-0.39, 0.29) is 6.61 Å². The van der Waals surface area contributed by atoms with Gasteiger partial charge in [-0.25, -0.2) is 4.98 Å². The van der Waals surface area contributed by atoms with Crippen LogP contribution in [0.25, 0.3) is 10.6 Å². The number of rotatable bonds is 3. The average Bonchev–Trinajstić information content (AvgIpc) is 2.78. The molecule has 0 radical (unpaired) electrons. The quantitative estimate of drug-likeness (QED) is 0.861. The number of aryl methyl sites for hydroxylation is 1. The van der Waals surface area contributed by atoms with Crippen molar-refractivity contribution in [2.45, 2.75) is 20.0 Å². The molecular formula is C12H13NOS. The van der Waals surface area contributed by atoms with Crippen LogP contribution in [0, 0.1) is 0 Å². The van der Waals surface area contributed by atoms with Gasteiger partial charge in [-0.1, -0.05) is 31.2 Å². The Morgan fingerprint density at radius 3 is 2.53 bits per heavy atom. The Bertz CT molecular complexity index is 433. The second-order valence-corrected chi connectivity index (χ2v) is 4.46. The van der Waals surface area contributed by atoms with Gasteiger partial charge in [-0.15, -0.1) is 11.3 Å². The van der Waals surface area contributed by atoms with Crippen molar-refractivity contribution in [1.29, 1.82) is 0 Å². The molecule has 0 fully saturated rings. The van der Waals surface area contributed by atoms with Crippen molar-refractivity contribution in [3.63, 3.8) is 0 Å². The van der Waals surface area contributed by atoms with Crippen LogP contribution in [-0.2, 0) is 13.0 Å². The zero-order valence-electron chi connectivity index (χ0n) is 8.60. The summed E-state index contributed by atoms with van der Waals surface area (Å²) in [7, 11) is 0. The lowest BCUT2D eigenvalue weighted by molar-refractivity contribution is 0.285. The van der Waals surface area contributed by atoms with E-state index in [1.54, 1.807) is 6.20 Å². The summed E-state index contributed by atoms with van der Waals surface area (Å²) < 4.78 is 0. The number of nitrogens with zero attached hydrogens (tertiary/aromatic N) is 1. The molecule has 0 aliphatic carbocycles. The number of hydrogen-bond donors (Lipinski definition) is 1. The molecule has 3 heteroatoms. The molecule has 0 spiro atoms. The Morgan fingerprint density at radius 1 is 1.27 bits per heavy atom. The average molecular weight is 219 g/mol. The van der Waals surface area contributed by atoms with E-state index in [4.69, 9.17) is 5.11 Å². The molecule has 1 heterocycles. The summed E-state index contributed by atoms with van der Waals surface area (Å²) in [4.78, 5) is 5.18. The van der Waals surface area contributed by atoms with E-state index < -0.39 is 0 Å². The monoisotopic (exact) mass is 219 g/mol. The van der Waals surface area contributed by atoms with Crippen LogP contribution in [0.2, 0.25) is 0 Å². The first-order chi connectivity index (χ1) is 7.33. The molecule has 0 saturated heterocycles. The fraction of sp³-hybridized carbons (Fsp3) is 0.250. The van der Waals surface area contributed by atoms with E-state index >= 15 is 0 Å². The van der Waals surface area contributed by atoms with Gasteiger partial charge < -0.3 is 5.11 Å². The highest BCUT2D eigenvalue weighted by Crippen LogP contribution is 2.25. The van der Waals surface area contributed by atoms with Crippen LogP contribution in [0.3, 0.4) is 0 Å². The molecule has 15 heavy (non-hydrogen) atoms. The van der Waals surface area contributed by atoms with Crippen LogP contribution in [0.1, 0.15) is 17.4 Å². The lowest BCUT2D eigenvalue weighted by Gasteiger charge is -1.98. The van der Waals surface area contributed by atoms with Gasteiger partial charge in [-0.2, -0.15) is 0 Å². The van der Waals surface area contributed by atoms with Crippen molar-refractivity contribution in [1.82, 2.24) is 4.98 Å². The number of aliphatic hydroxyl groups is 1. The van der Waals surface area contributed by atoms with Crippen LogP contribution < -0.4 is 0 Å². The molecule has 1 aromatic heterocycles. The van der Waals surface area contributed by atoms with Gasteiger partial charge in [0.15, 0.2) is 0 Å². The van der Waals surface area contributed by atoms with Crippen LogP contribution >= 0.6 is 11.3 Å². The SMILES string of the molecule is CCc1ccc(-c2ncc(CO)s2)cc1. The first-order valence-electron chi connectivity index (χ1n) is 4.98. The maximum atomic E-state index is 8.95. The van der Waals surface area contributed by atoms with E-state index in [0.29, 0.717) is 0 Å². The van der Waals surface area contributed by atoms with Crippen molar-refractivity contribution in [3.8, 4) is 10.6 Å². The Hall–Kier alpha value is -1.19. The summed E-state index contributed by atoms with van der Waals surface area (Å²) in [5, 5.41) is 9.92. The number of aliphatic hydroxyl groups excluding tert-OH is 1. The highest BCUT2D eigenvalue weighted by atomic mass is 32.1. The number of benzene rings is 1. The number of thiazole rings is 1. The van der Waals surface area contributed by atoms with Crippen LogP contribution in [0.4, 0.5) is 0 Å². The molecule has 0 bridgehead atoms. The normalized spacial score (nSPS) is 10.5. The summed E-state index contributed by atoms with van der Waals surface area (Å²) in [5.41, 5.74) is 2.45. The van der Waals surface area contributed by atoms with Gasteiger partial charge in [0.1, 0.15) is 5.01 Å². The first kappa shape index (κ1) is 10.3. The first-order valence-corrected chi connectivity index (χ1v) is 5.80. The molecule has 78 valence electrons. The number of aromatic nitrogens is 1. The summed E-state index contributed by atoms with van der Waals surface area (Å²) in [6.45, 7) is 2.22. The van der Waals surface area contributed by atoms with E-state index in [9.17, 15) is 0 Å². The maximum Gasteiger partial charge on any atom is 0.123 e. The summed E-state index contributed by atoms with van der Waals surface area (Å²) >= 11 is 1.54. The van der Waals surface area contributed by atoms with E-state index in [1.807, 2.05) is 0 Å². The van der Waals surface area contributed by atoms with Crippen molar-refractivity contribution >= 4 is 11.3 Å². The largest absolute Gasteiger partial charge is 0.391 e. The fourth-order valence-electron chi connectivity index (χ4n) is 1.40. The van der Waals surface area contributed by atoms with Crippen molar-refractivity contribution in [3.05, 3.63) is 40.9 Å². The molecule has 0 aliphatic rings. The molecule has 1 aromatic carbocycles. The summed E-state index contributed by atoms with van der Waals surface area (Å²) in [5.74, 6) is 0.